The van der Waals surface area contributed by atoms with Crippen molar-refractivity contribution in [3.63, 3.8) is 0 Å². The van der Waals surface area contributed by atoms with E-state index in [0.29, 0.717) is 0 Å². The summed E-state index contributed by atoms with van der Waals surface area (Å²) in [5.74, 6) is 1.00. The molecule has 0 aromatic heterocycles. The minimum Gasteiger partial charge on any atom is -0.488 e. The number of hydrogen-bond donors (Lipinski definition) is 0. The molecule has 0 amide bonds. The zero-order valence-electron chi connectivity index (χ0n) is 18.1. The summed E-state index contributed by atoms with van der Waals surface area (Å²) in [4.78, 5) is 0. The maximum Gasteiger partial charge on any atom is 0.120 e. The van der Waals surface area contributed by atoms with E-state index in [-0.39, 0.29) is 5.60 Å². The Morgan fingerprint density at radius 3 is 1.69 bits per heavy atom. The highest BCUT2D eigenvalue weighted by molar-refractivity contribution is 5.29. The smallest absolute Gasteiger partial charge is 0.120 e. The first-order valence-electron chi connectivity index (χ1n) is 11.3. The van der Waals surface area contributed by atoms with Gasteiger partial charge in [-0.25, -0.2) is 0 Å². The third kappa shape index (κ3) is 13.3. The Morgan fingerprint density at radius 1 is 0.692 bits per heavy atom. The molecule has 0 fully saturated rings. The zero-order valence-corrected chi connectivity index (χ0v) is 18.1. The van der Waals surface area contributed by atoms with Gasteiger partial charge in [0.15, 0.2) is 0 Å². The van der Waals surface area contributed by atoms with Gasteiger partial charge < -0.3 is 4.74 Å². The van der Waals surface area contributed by atoms with Crippen LogP contribution in [-0.4, -0.2) is 5.60 Å². The second-order valence-corrected chi connectivity index (χ2v) is 8.85. The fraction of sp³-hybridized carbons (Fsp3) is 0.760. The van der Waals surface area contributed by atoms with Crippen LogP contribution in [0.2, 0.25) is 0 Å². The largest absolute Gasteiger partial charge is 0.488 e. The van der Waals surface area contributed by atoms with E-state index in [2.05, 4.69) is 52.0 Å². The standard InChI is InChI=1S/C25H44O/c1-5-6-7-8-9-10-11-12-13-14-15-16-17-19-23-20-18-21-24(22-23)26-25(2,3)4/h18,20-22H,5-17,19H2,1-4H3. The normalized spacial score (nSPS) is 11.7. The molecular weight excluding hydrogens is 316 g/mol. The molecule has 1 rings (SSSR count). The lowest BCUT2D eigenvalue weighted by atomic mass is 10.0. The summed E-state index contributed by atoms with van der Waals surface area (Å²) in [6.45, 7) is 8.60. The molecule has 0 heterocycles. The summed E-state index contributed by atoms with van der Waals surface area (Å²) < 4.78 is 5.96. The van der Waals surface area contributed by atoms with Crippen LogP contribution in [-0.2, 0) is 6.42 Å². The van der Waals surface area contributed by atoms with Crippen molar-refractivity contribution in [3.8, 4) is 5.75 Å². The van der Waals surface area contributed by atoms with Crippen LogP contribution in [0.25, 0.3) is 0 Å². The van der Waals surface area contributed by atoms with Crippen molar-refractivity contribution in [3.05, 3.63) is 29.8 Å². The van der Waals surface area contributed by atoms with Crippen molar-refractivity contribution in [1.29, 1.82) is 0 Å². The van der Waals surface area contributed by atoms with E-state index in [0.717, 1.165) is 5.75 Å². The number of hydrogen-bond acceptors (Lipinski definition) is 1. The molecule has 0 saturated carbocycles. The molecule has 1 nitrogen and oxygen atoms in total. The molecule has 0 spiro atoms. The quantitative estimate of drug-likeness (QED) is 0.285. The first-order valence-corrected chi connectivity index (χ1v) is 11.3. The first-order chi connectivity index (χ1) is 12.5. The number of ether oxygens (including phenoxy) is 1. The van der Waals surface area contributed by atoms with Gasteiger partial charge in [-0.3, -0.25) is 0 Å². The second kappa shape index (κ2) is 14.1. The third-order valence-electron chi connectivity index (χ3n) is 4.89. The zero-order chi connectivity index (χ0) is 19.1. The molecule has 0 atom stereocenters. The Labute approximate surface area is 163 Å². The van der Waals surface area contributed by atoms with Crippen molar-refractivity contribution >= 4 is 0 Å². The predicted octanol–water partition coefficient (Wildman–Crippen LogP) is 8.50. The molecule has 0 aliphatic rings. The minimum atomic E-state index is -0.117. The lowest BCUT2D eigenvalue weighted by Crippen LogP contribution is -2.22. The lowest BCUT2D eigenvalue weighted by molar-refractivity contribution is 0.131. The van der Waals surface area contributed by atoms with Gasteiger partial charge in [-0.05, 0) is 51.3 Å². The van der Waals surface area contributed by atoms with Gasteiger partial charge in [-0.1, -0.05) is 96.1 Å². The monoisotopic (exact) mass is 360 g/mol. The fourth-order valence-corrected chi connectivity index (χ4v) is 3.46. The summed E-state index contributed by atoms with van der Waals surface area (Å²) in [5.41, 5.74) is 1.29. The average molecular weight is 361 g/mol. The Bertz CT molecular complexity index is 444. The highest BCUT2D eigenvalue weighted by Crippen LogP contribution is 2.20. The van der Waals surface area contributed by atoms with E-state index < -0.39 is 0 Å². The molecule has 150 valence electrons. The summed E-state index contributed by atoms with van der Waals surface area (Å²) in [7, 11) is 0. The fourth-order valence-electron chi connectivity index (χ4n) is 3.46. The molecule has 0 aliphatic carbocycles. The number of aryl methyl sites for hydroxylation is 1. The Morgan fingerprint density at radius 2 is 1.19 bits per heavy atom. The van der Waals surface area contributed by atoms with Gasteiger partial charge >= 0.3 is 0 Å². The Balaban J connectivity index is 1.97. The molecule has 26 heavy (non-hydrogen) atoms. The Kier molecular flexibility index (Phi) is 12.5. The molecule has 1 aromatic rings. The van der Waals surface area contributed by atoms with Crippen LogP contribution in [0.5, 0.6) is 5.75 Å². The van der Waals surface area contributed by atoms with Gasteiger partial charge in [0.05, 0.1) is 0 Å². The topological polar surface area (TPSA) is 9.23 Å². The van der Waals surface area contributed by atoms with Crippen LogP contribution in [0.1, 0.15) is 117 Å². The molecule has 0 unspecified atom stereocenters. The molecule has 0 N–H and O–H groups in total. The van der Waals surface area contributed by atoms with Crippen LogP contribution in [0.3, 0.4) is 0 Å². The van der Waals surface area contributed by atoms with Crippen LogP contribution in [0.15, 0.2) is 24.3 Å². The van der Waals surface area contributed by atoms with Crippen molar-refractivity contribution in [1.82, 2.24) is 0 Å². The number of unbranched alkanes of at least 4 members (excludes halogenated alkanes) is 12. The highest BCUT2D eigenvalue weighted by Gasteiger charge is 2.11. The van der Waals surface area contributed by atoms with Crippen LogP contribution in [0, 0.1) is 0 Å². The van der Waals surface area contributed by atoms with Crippen molar-refractivity contribution in [2.45, 2.75) is 123 Å². The molecular formula is C25H44O. The van der Waals surface area contributed by atoms with E-state index in [1.807, 2.05) is 0 Å². The van der Waals surface area contributed by atoms with Gasteiger partial charge in [0, 0.05) is 0 Å². The number of benzene rings is 1. The maximum absolute atomic E-state index is 5.96. The van der Waals surface area contributed by atoms with E-state index in [4.69, 9.17) is 4.74 Å². The van der Waals surface area contributed by atoms with E-state index in [1.54, 1.807) is 0 Å². The van der Waals surface area contributed by atoms with E-state index in [1.165, 1.54) is 95.5 Å². The molecule has 0 bridgehead atoms. The summed E-state index contributed by atoms with van der Waals surface area (Å²) >= 11 is 0. The highest BCUT2D eigenvalue weighted by atomic mass is 16.5. The van der Waals surface area contributed by atoms with Gasteiger partial charge in [0.2, 0.25) is 0 Å². The van der Waals surface area contributed by atoms with Crippen LogP contribution >= 0.6 is 0 Å². The SMILES string of the molecule is CCCCCCCCCCCCCCCc1cccc(OC(C)(C)C)c1. The Hall–Kier alpha value is -0.980. The van der Waals surface area contributed by atoms with Crippen LogP contribution in [0.4, 0.5) is 0 Å². The van der Waals surface area contributed by atoms with Gasteiger partial charge in [-0.15, -0.1) is 0 Å². The molecule has 0 radical (unpaired) electrons. The van der Waals surface area contributed by atoms with Gasteiger partial charge in [-0.2, -0.15) is 0 Å². The van der Waals surface area contributed by atoms with E-state index >= 15 is 0 Å². The van der Waals surface area contributed by atoms with Gasteiger partial charge in [0.25, 0.3) is 0 Å². The summed E-state index contributed by atoms with van der Waals surface area (Å²) in [6.07, 6.45) is 19.6. The van der Waals surface area contributed by atoms with Crippen LogP contribution < -0.4 is 4.74 Å². The average Bonchev–Trinajstić information content (AvgIpc) is 2.58. The second-order valence-electron chi connectivity index (χ2n) is 8.85. The molecule has 1 heteroatoms. The maximum atomic E-state index is 5.96. The van der Waals surface area contributed by atoms with Gasteiger partial charge in [0.1, 0.15) is 11.4 Å². The van der Waals surface area contributed by atoms with Crippen molar-refractivity contribution in [2.24, 2.45) is 0 Å². The summed E-state index contributed by atoms with van der Waals surface area (Å²) in [5, 5.41) is 0. The summed E-state index contributed by atoms with van der Waals surface area (Å²) in [6, 6.07) is 8.64. The lowest BCUT2D eigenvalue weighted by Gasteiger charge is -2.21. The van der Waals surface area contributed by atoms with E-state index in [9.17, 15) is 0 Å². The molecule has 0 aliphatic heterocycles. The molecule has 1 aromatic carbocycles. The number of rotatable bonds is 15. The third-order valence-corrected chi connectivity index (χ3v) is 4.89. The first kappa shape index (κ1) is 23.1. The minimum absolute atomic E-state index is 0.117. The van der Waals surface area contributed by atoms with Crippen molar-refractivity contribution in [2.75, 3.05) is 0 Å². The predicted molar refractivity (Wildman–Crippen MR) is 116 cm³/mol. The molecule has 0 saturated heterocycles. The van der Waals surface area contributed by atoms with Crippen molar-refractivity contribution < 1.29 is 4.74 Å².